The Hall–Kier alpha value is -2.76. The number of carbonyl (C=O) groups excluding carboxylic acids is 1. The molecule has 31 heavy (non-hydrogen) atoms. The number of aliphatic carboxylic acids is 1. The molecule has 2 aliphatic heterocycles. The molecular weight excluding hydrogens is 427 g/mol. The molecule has 0 spiro atoms. The Morgan fingerprint density at radius 2 is 1.94 bits per heavy atom. The highest BCUT2D eigenvalue weighted by Crippen LogP contribution is 2.29. The van der Waals surface area contributed by atoms with E-state index in [0.29, 0.717) is 30.4 Å². The highest BCUT2D eigenvalue weighted by atomic mass is 32.2. The molecule has 4 rings (SSSR count). The minimum atomic E-state index is -0.959. The maximum absolute atomic E-state index is 13.5. The van der Waals surface area contributed by atoms with Crippen LogP contribution in [0.1, 0.15) is 0 Å². The largest absolute Gasteiger partial charge is 0.481 e. The second kappa shape index (κ2) is 9.58. The second-order valence-corrected chi connectivity index (χ2v) is 8.17. The molecule has 4 atom stereocenters. The van der Waals surface area contributed by atoms with Crippen LogP contribution >= 0.6 is 11.8 Å². The third-order valence-electron chi connectivity index (χ3n) is 4.95. The van der Waals surface area contributed by atoms with Crippen molar-refractivity contribution in [2.45, 2.75) is 24.3 Å². The van der Waals surface area contributed by atoms with E-state index in [0.717, 1.165) is 11.8 Å². The molecule has 2 aromatic rings. The van der Waals surface area contributed by atoms with Gasteiger partial charge in [0, 0.05) is 11.8 Å². The molecule has 3 heterocycles. The molecule has 0 aliphatic carbocycles. The van der Waals surface area contributed by atoms with Crippen LogP contribution in [0.15, 0.2) is 36.5 Å². The van der Waals surface area contributed by atoms with Crippen LogP contribution in [0, 0.1) is 5.82 Å². The molecule has 0 bridgehead atoms. The van der Waals surface area contributed by atoms with Crippen LogP contribution in [0.5, 0.6) is 0 Å². The van der Waals surface area contributed by atoms with Gasteiger partial charge in [-0.3, -0.25) is 9.59 Å². The number of benzene rings is 1. The number of aromatic nitrogens is 2. The number of ether oxygens (including phenoxy) is 2. The highest BCUT2D eigenvalue weighted by Gasteiger charge is 2.48. The van der Waals surface area contributed by atoms with Crippen molar-refractivity contribution in [2.24, 2.45) is 0 Å². The molecule has 1 amide bonds. The highest BCUT2D eigenvalue weighted by molar-refractivity contribution is 8.00. The summed E-state index contributed by atoms with van der Waals surface area (Å²) in [6, 6.07) is 7.35. The molecule has 2 fully saturated rings. The van der Waals surface area contributed by atoms with Gasteiger partial charge in [0.05, 0.1) is 42.5 Å². The smallest absolute Gasteiger partial charge is 0.313 e. The summed E-state index contributed by atoms with van der Waals surface area (Å²) in [6.07, 6.45) is 0.978. The zero-order chi connectivity index (χ0) is 21.8. The van der Waals surface area contributed by atoms with Gasteiger partial charge in [0.25, 0.3) is 0 Å². The zero-order valence-electron chi connectivity index (χ0n) is 16.4. The molecule has 2 aliphatic rings. The van der Waals surface area contributed by atoms with E-state index in [1.807, 2.05) is 0 Å². The normalized spacial score (nSPS) is 24.5. The topological polar surface area (TPSA) is 123 Å². The van der Waals surface area contributed by atoms with Gasteiger partial charge in [0.15, 0.2) is 0 Å². The van der Waals surface area contributed by atoms with Crippen LogP contribution in [0.3, 0.4) is 0 Å². The number of thioether (sulfide) groups is 1. The summed E-state index contributed by atoms with van der Waals surface area (Å²) in [6.45, 7) is 0.649. The summed E-state index contributed by atoms with van der Waals surface area (Å²) in [5, 5.41) is 14.7. The van der Waals surface area contributed by atoms with E-state index < -0.39 is 5.97 Å². The van der Waals surface area contributed by atoms with E-state index in [9.17, 15) is 14.0 Å². The number of fused-ring (bicyclic) bond motifs is 1. The van der Waals surface area contributed by atoms with Crippen LogP contribution in [0.4, 0.5) is 10.3 Å². The molecule has 0 saturated carbocycles. The van der Waals surface area contributed by atoms with Crippen LogP contribution in [0.2, 0.25) is 0 Å². The Morgan fingerprint density at radius 1 is 1.16 bits per heavy atom. The van der Waals surface area contributed by atoms with Gasteiger partial charge < -0.3 is 25.2 Å². The maximum Gasteiger partial charge on any atom is 0.313 e. The lowest BCUT2D eigenvalue weighted by Gasteiger charge is -2.18. The van der Waals surface area contributed by atoms with Crippen LogP contribution < -0.4 is 10.6 Å². The van der Waals surface area contributed by atoms with E-state index in [4.69, 9.17) is 14.6 Å². The minimum Gasteiger partial charge on any atom is -0.481 e. The summed E-state index contributed by atoms with van der Waals surface area (Å²) in [7, 11) is 0. The predicted molar refractivity (Wildman–Crippen MR) is 111 cm³/mol. The van der Waals surface area contributed by atoms with Gasteiger partial charge in [-0.2, -0.15) is 0 Å². The minimum absolute atomic E-state index is 0.0581. The van der Waals surface area contributed by atoms with Gasteiger partial charge in [-0.15, -0.1) is 11.8 Å². The van der Waals surface area contributed by atoms with Gasteiger partial charge in [0.2, 0.25) is 11.9 Å². The lowest BCUT2D eigenvalue weighted by molar-refractivity contribution is -0.133. The lowest BCUT2D eigenvalue weighted by atomic mass is 10.1. The zero-order valence-corrected chi connectivity index (χ0v) is 17.2. The first kappa shape index (κ1) is 21.5. The number of anilines is 1. The molecule has 1 aromatic carbocycles. The van der Waals surface area contributed by atoms with Crippen LogP contribution in [-0.2, 0) is 19.1 Å². The average molecular weight is 448 g/mol. The number of carboxylic acid groups (broad SMARTS) is 1. The maximum atomic E-state index is 13.5. The Labute approximate surface area is 181 Å². The van der Waals surface area contributed by atoms with Crippen molar-refractivity contribution in [2.75, 3.05) is 30.0 Å². The van der Waals surface area contributed by atoms with Crippen molar-refractivity contribution >= 4 is 29.6 Å². The fourth-order valence-electron chi connectivity index (χ4n) is 3.63. The van der Waals surface area contributed by atoms with E-state index in [1.165, 1.54) is 12.1 Å². The van der Waals surface area contributed by atoms with Crippen molar-refractivity contribution in [1.29, 1.82) is 0 Å². The Kier molecular flexibility index (Phi) is 6.64. The van der Waals surface area contributed by atoms with Crippen LogP contribution in [-0.4, -0.2) is 76.0 Å². The molecule has 164 valence electrons. The van der Waals surface area contributed by atoms with Crippen molar-refractivity contribution in [3.63, 3.8) is 0 Å². The predicted octanol–water partition coefficient (Wildman–Crippen LogP) is 1.16. The van der Waals surface area contributed by atoms with Gasteiger partial charge in [-0.05, 0) is 18.2 Å². The van der Waals surface area contributed by atoms with Gasteiger partial charge in [0.1, 0.15) is 18.0 Å². The number of nitrogens with zero attached hydrogens (tertiary/aromatic N) is 2. The molecule has 2 saturated heterocycles. The number of hydrogen-bond donors (Lipinski definition) is 3. The van der Waals surface area contributed by atoms with Gasteiger partial charge in [-0.25, -0.2) is 14.4 Å². The molecule has 9 nitrogen and oxygen atoms in total. The van der Waals surface area contributed by atoms with Crippen molar-refractivity contribution in [3.8, 4) is 11.3 Å². The molecule has 0 unspecified atom stereocenters. The fraction of sp³-hybridized carbons (Fsp3) is 0.400. The summed E-state index contributed by atoms with van der Waals surface area (Å²) in [5.74, 6) is -1.26. The first-order valence-electron chi connectivity index (χ1n) is 9.67. The Bertz CT molecular complexity index is 965. The number of carboxylic acids is 1. The lowest BCUT2D eigenvalue weighted by Crippen LogP contribution is -2.45. The standard InChI is InChI=1S/C20H21FN4O5S/c21-12-3-1-2-11(6-12)13-4-5-22-20(24-13)25-15-8-30-18-14(7-29-19(15)18)23-16(26)9-31-10-17(27)28/h1-6,14-15,18-19H,7-10H2,(H,23,26)(H,27,28)(H,22,24,25)/t14-,15+,18-,19+/m0/s1. The first-order valence-corrected chi connectivity index (χ1v) is 10.8. The third-order valence-corrected chi connectivity index (χ3v) is 5.87. The Morgan fingerprint density at radius 3 is 2.71 bits per heavy atom. The summed E-state index contributed by atoms with van der Waals surface area (Å²) >= 11 is 1.04. The van der Waals surface area contributed by atoms with E-state index in [-0.39, 0.29) is 47.5 Å². The number of amides is 1. The second-order valence-electron chi connectivity index (χ2n) is 7.18. The van der Waals surface area contributed by atoms with Crippen molar-refractivity contribution in [3.05, 3.63) is 42.3 Å². The van der Waals surface area contributed by atoms with E-state index in [1.54, 1.807) is 24.4 Å². The number of rotatable bonds is 8. The van der Waals surface area contributed by atoms with E-state index in [2.05, 4.69) is 20.6 Å². The van der Waals surface area contributed by atoms with Gasteiger partial charge in [-0.1, -0.05) is 12.1 Å². The average Bonchev–Trinajstić information content (AvgIpc) is 3.31. The molecule has 1 aromatic heterocycles. The number of halogens is 1. The fourth-order valence-corrected chi connectivity index (χ4v) is 4.17. The molecular formula is C20H21FN4O5S. The van der Waals surface area contributed by atoms with Crippen LogP contribution in [0.25, 0.3) is 11.3 Å². The molecule has 0 radical (unpaired) electrons. The third kappa shape index (κ3) is 5.30. The SMILES string of the molecule is O=C(O)CSCC(=O)N[C@H]1CO[C@H]2[C@H]1OC[C@H]2Nc1nccc(-c2cccc(F)c2)n1. The number of nitrogens with one attached hydrogen (secondary N) is 2. The summed E-state index contributed by atoms with van der Waals surface area (Å²) in [4.78, 5) is 31.3. The van der Waals surface area contributed by atoms with Crippen molar-refractivity contribution in [1.82, 2.24) is 15.3 Å². The molecule has 11 heteroatoms. The molecule has 3 N–H and O–H groups in total. The summed E-state index contributed by atoms with van der Waals surface area (Å²) < 4.78 is 25.2. The monoisotopic (exact) mass is 448 g/mol. The van der Waals surface area contributed by atoms with Crippen molar-refractivity contribution < 1.29 is 28.6 Å². The Balaban J connectivity index is 1.34. The summed E-state index contributed by atoms with van der Waals surface area (Å²) in [5.41, 5.74) is 1.23. The number of carbonyl (C=O) groups is 2. The van der Waals surface area contributed by atoms with E-state index >= 15 is 0 Å². The quantitative estimate of drug-likeness (QED) is 0.546. The first-order chi connectivity index (χ1) is 15.0. The van der Waals surface area contributed by atoms with Gasteiger partial charge >= 0.3 is 5.97 Å². The number of hydrogen-bond acceptors (Lipinski definition) is 8.